The molecule has 0 bridgehead atoms. The van der Waals surface area contributed by atoms with Gasteiger partial charge in [-0.25, -0.2) is 4.98 Å². The summed E-state index contributed by atoms with van der Waals surface area (Å²) in [6.07, 6.45) is 5.05. The molecule has 2 aromatic heterocycles. The smallest absolute Gasteiger partial charge is 0.240 e. The lowest BCUT2D eigenvalue weighted by Gasteiger charge is -2.31. The average Bonchev–Trinajstić information content (AvgIpc) is 2.87. The third-order valence-corrected chi connectivity index (χ3v) is 3.92. The summed E-state index contributed by atoms with van der Waals surface area (Å²) in [5.41, 5.74) is 8.20. The first kappa shape index (κ1) is 14.0. The Morgan fingerprint density at radius 3 is 2.95 bits per heavy atom. The zero-order chi connectivity index (χ0) is 14.9. The highest BCUT2D eigenvalue weighted by atomic mass is 16.5. The van der Waals surface area contributed by atoms with E-state index in [1.54, 1.807) is 0 Å². The molecule has 6 heteroatoms. The van der Waals surface area contributed by atoms with Gasteiger partial charge in [0, 0.05) is 25.6 Å². The molecule has 0 radical (unpaired) electrons. The molecule has 21 heavy (non-hydrogen) atoms. The number of nitrogens with one attached hydrogen (secondary N) is 1. The molecule has 1 aliphatic rings. The lowest BCUT2D eigenvalue weighted by Crippen LogP contribution is -2.56. The van der Waals surface area contributed by atoms with Crippen LogP contribution in [0.2, 0.25) is 0 Å². The second-order valence-corrected chi connectivity index (χ2v) is 5.66. The maximum atomic E-state index is 12.2. The van der Waals surface area contributed by atoms with E-state index in [0.717, 1.165) is 11.3 Å². The van der Waals surface area contributed by atoms with Gasteiger partial charge in [0.15, 0.2) is 0 Å². The summed E-state index contributed by atoms with van der Waals surface area (Å²) in [4.78, 5) is 16.7. The van der Waals surface area contributed by atoms with Crippen LogP contribution in [-0.2, 0) is 16.1 Å². The topological polar surface area (TPSA) is 81.7 Å². The van der Waals surface area contributed by atoms with Crippen LogP contribution in [0.4, 0.5) is 0 Å². The second kappa shape index (κ2) is 5.46. The lowest BCUT2D eigenvalue weighted by atomic mass is 9.90. The third kappa shape index (κ3) is 2.91. The van der Waals surface area contributed by atoms with Crippen molar-refractivity contribution in [2.45, 2.75) is 31.8 Å². The van der Waals surface area contributed by atoms with Crippen molar-refractivity contribution in [3.63, 3.8) is 0 Å². The molecular weight excluding hydrogens is 268 g/mol. The number of rotatable bonds is 3. The number of carbonyl (C=O) groups is 1. The number of nitrogens with zero attached hydrogens (tertiary/aromatic N) is 2. The molecule has 1 fully saturated rings. The summed E-state index contributed by atoms with van der Waals surface area (Å²) in [7, 11) is 0. The highest BCUT2D eigenvalue weighted by Gasteiger charge is 2.35. The zero-order valence-electron chi connectivity index (χ0n) is 12.1. The van der Waals surface area contributed by atoms with Gasteiger partial charge in [0.1, 0.15) is 5.65 Å². The molecular formula is C15H20N4O2. The average molecular weight is 288 g/mol. The predicted molar refractivity (Wildman–Crippen MR) is 78.7 cm³/mol. The van der Waals surface area contributed by atoms with E-state index in [-0.39, 0.29) is 5.91 Å². The molecule has 3 heterocycles. The molecule has 0 aliphatic carbocycles. The largest absolute Gasteiger partial charge is 0.381 e. The normalized spacial score (nSPS) is 17.8. The number of hydrogen-bond acceptors (Lipinski definition) is 4. The molecule has 0 atom stereocenters. The van der Waals surface area contributed by atoms with E-state index in [1.165, 1.54) is 5.56 Å². The molecule has 3 N–H and O–H groups in total. The molecule has 0 aromatic carbocycles. The number of hydrogen-bond donors (Lipinski definition) is 2. The molecule has 1 saturated heterocycles. The van der Waals surface area contributed by atoms with E-state index in [2.05, 4.69) is 10.3 Å². The number of pyridine rings is 1. The molecule has 0 unspecified atom stereocenters. The predicted octanol–water partition coefficient (Wildman–Crippen LogP) is 0.767. The van der Waals surface area contributed by atoms with Gasteiger partial charge in [-0.1, -0.05) is 6.07 Å². The van der Waals surface area contributed by atoms with E-state index in [0.29, 0.717) is 32.6 Å². The molecule has 0 saturated carbocycles. The van der Waals surface area contributed by atoms with E-state index in [1.807, 2.05) is 35.9 Å². The number of carbonyl (C=O) groups excluding carboxylic acids is 1. The first-order valence-corrected chi connectivity index (χ1v) is 7.16. The SMILES string of the molecule is Cc1ccc2nc(CNC(=O)C3(N)CCOCC3)cn2c1. The van der Waals surface area contributed by atoms with Crippen molar-refractivity contribution in [1.29, 1.82) is 0 Å². The van der Waals surface area contributed by atoms with Crippen molar-refractivity contribution < 1.29 is 9.53 Å². The lowest BCUT2D eigenvalue weighted by molar-refractivity contribution is -0.129. The van der Waals surface area contributed by atoms with Crippen LogP contribution in [0.3, 0.4) is 0 Å². The number of fused-ring (bicyclic) bond motifs is 1. The summed E-state index contributed by atoms with van der Waals surface area (Å²) in [6.45, 7) is 3.50. The van der Waals surface area contributed by atoms with Gasteiger partial charge >= 0.3 is 0 Å². The summed E-state index contributed by atoms with van der Waals surface area (Å²) >= 11 is 0. The molecule has 1 amide bonds. The number of aryl methyl sites for hydroxylation is 1. The number of nitrogens with two attached hydrogens (primary N) is 1. The Morgan fingerprint density at radius 2 is 2.19 bits per heavy atom. The number of imidazole rings is 1. The van der Waals surface area contributed by atoms with Gasteiger partial charge in [0.25, 0.3) is 0 Å². The van der Waals surface area contributed by atoms with Crippen LogP contribution in [0, 0.1) is 6.92 Å². The minimum atomic E-state index is -0.812. The van der Waals surface area contributed by atoms with Crippen molar-refractivity contribution in [3.05, 3.63) is 35.8 Å². The summed E-state index contributed by atoms with van der Waals surface area (Å²) in [5, 5.41) is 2.89. The van der Waals surface area contributed by atoms with E-state index >= 15 is 0 Å². The van der Waals surface area contributed by atoms with Crippen LogP contribution in [0.25, 0.3) is 5.65 Å². The quantitative estimate of drug-likeness (QED) is 0.874. The zero-order valence-corrected chi connectivity index (χ0v) is 12.1. The van der Waals surface area contributed by atoms with Crippen LogP contribution >= 0.6 is 0 Å². The molecule has 112 valence electrons. The fraction of sp³-hybridized carbons (Fsp3) is 0.467. The Morgan fingerprint density at radius 1 is 1.43 bits per heavy atom. The first-order chi connectivity index (χ1) is 10.1. The van der Waals surface area contributed by atoms with Gasteiger partial charge in [0.2, 0.25) is 5.91 Å². The molecule has 0 spiro atoms. The van der Waals surface area contributed by atoms with Crippen LogP contribution in [0.5, 0.6) is 0 Å². The minimum Gasteiger partial charge on any atom is -0.381 e. The summed E-state index contributed by atoms with van der Waals surface area (Å²) in [6, 6.07) is 3.98. The Hall–Kier alpha value is -1.92. The minimum absolute atomic E-state index is 0.126. The fourth-order valence-electron chi connectivity index (χ4n) is 2.55. The first-order valence-electron chi connectivity index (χ1n) is 7.16. The van der Waals surface area contributed by atoms with Crippen molar-refractivity contribution in [1.82, 2.24) is 14.7 Å². The third-order valence-electron chi connectivity index (χ3n) is 3.92. The number of aromatic nitrogens is 2. The highest BCUT2D eigenvalue weighted by Crippen LogP contribution is 2.18. The molecule has 6 nitrogen and oxygen atoms in total. The second-order valence-electron chi connectivity index (χ2n) is 5.66. The van der Waals surface area contributed by atoms with E-state index in [9.17, 15) is 4.79 Å². The summed E-state index contributed by atoms with van der Waals surface area (Å²) < 4.78 is 7.22. The Bertz CT molecular complexity index is 659. The summed E-state index contributed by atoms with van der Waals surface area (Å²) in [5.74, 6) is -0.126. The van der Waals surface area contributed by atoms with E-state index in [4.69, 9.17) is 10.5 Å². The van der Waals surface area contributed by atoms with Gasteiger partial charge in [0.05, 0.1) is 17.8 Å². The van der Waals surface area contributed by atoms with Gasteiger partial charge in [-0.05, 0) is 31.4 Å². The van der Waals surface area contributed by atoms with Crippen LogP contribution in [0.15, 0.2) is 24.5 Å². The number of amides is 1. The Balaban J connectivity index is 1.67. The van der Waals surface area contributed by atoms with Gasteiger partial charge in [-0.3, -0.25) is 4.79 Å². The van der Waals surface area contributed by atoms with E-state index < -0.39 is 5.54 Å². The van der Waals surface area contributed by atoms with Gasteiger partial charge in [-0.2, -0.15) is 0 Å². The van der Waals surface area contributed by atoms with Crippen molar-refractivity contribution in [3.8, 4) is 0 Å². The van der Waals surface area contributed by atoms with Crippen molar-refractivity contribution in [2.24, 2.45) is 5.73 Å². The standard InChI is InChI=1S/C15H20N4O2/c1-11-2-3-13-18-12(10-19(13)9-11)8-17-14(20)15(16)4-6-21-7-5-15/h2-3,9-10H,4-8,16H2,1H3,(H,17,20). The molecule has 3 rings (SSSR count). The van der Waals surface area contributed by atoms with Crippen molar-refractivity contribution in [2.75, 3.05) is 13.2 Å². The van der Waals surface area contributed by atoms with Crippen LogP contribution < -0.4 is 11.1 Å². The Labute approximate surface area is 123 Å². The van der Waals surface area contributed by atoms with Gasteiger partial charge in [-0.15, -0.1) is 0 Å². The van der Waals surface area contributed by atoms with Crippen LogP contribution in [-0.4, -0.2) is 34.0 Å². The Kier molecular flexibility index (Phi) is 3.65. The fourth-order valence-corrected chi connectivity index (χ4v) is 2.55. The van der Waals surface area contributed by atoms with Crippen molar-refractivity contribution >= 4 is 11.6 Å². The maximum absolute atomic E-state index is 12.2. The number of ether oxygens (including phenoxy) is 1. The van der Waals surface area contributed by atoms with Crippen LogP contribution in [0.1, 0.15) is 24.1 Å². The van der Waals surface area contributed by atoms with Gasteiger partial charge < -0.3 is 20.2 Å². The highest BCUT2D eigenvalue weighted by molar-refractivity contribution is 5.86. The molecule has 2 aromatic rings. The molecule has 1 aliphatic heterocycles. The monoisotopic (exact) mass is 288 g/mol. The maximum Gasteiger partial charge on any atom is 0.240 e.